The van der Waals surface area contributed by atoms with Gasteiger partial charge in [-0.2, -0.15) is 0 Å². The number of carbonyl (C=O) groups is 2. The lowest BCUT2D eigenvalue weighted by Gasteiger charge is -2.22. The van der Waals surface area contributed by atoms with E-state index in [1.165, 1.54) is 13.8 Å². The van der Waals surface area contributed by atoms with Crippen LogP contribution >= 0.6 is 0 Å². The van der Waals surface area contributed by atoms with Crippen molar-refractivity contribution in [3.05, 3.63) is 0 Å². The molecule has 2 amide bonds. The van der Waals surface area contributed by atoms with Crippen molar-refractivity contribution in [3.63, 3.8) is 0 Å². The highest BCUT2D eigenvalue weighted by molar-refractivity contribution is 5.85. The molecule has 6 heteroatoms. The van der Waals surface area contributed by atoms with E-state index in [-0.39, 0.29) is 6.10 Å². The van der Waals surface area contributed by atoms with E-state index in [1.807, 2.05) is 6.92 Å². The van der Waals surface area contributed by atoms with Gasteiger partial charge in [0.15, 0.2) is 0 Å². The summed E-state index contributed by atoms with van der Waals surface area (Å²) in [6.07, 6.45) is 1.06. The predicted molar refractivity (Wildman–Crippen MR) is 61.8 cm³/mol. The van der Waals surface area contributed by atoms with E-state index in [9.17, 15) is 9.59 Å². The van der Waals surface area contributed by atoms with E-state index in [0.717, 1.165) is 13.0 Å². The number of carbonyl (C=O) groups excluding carboxylic acids is 1. The Hall–Kier alpha value is -1.30. The third-order valence-corrected chi connectivity index (χ3v) is 3.02. The molecule has 17 heavy (non-hydrogen) atoms. The van der Waals surface area contributed by atoms with Gasteiger partial charge in [0.05, 0.1) is 6.10 Å². The number of rotatable bonds is 4. The summed E-state index contributed by atoms with van der Waals surface area (Å²) in [5.74, 6) is -0.765. The molecular formula is C11H20N2O4. The number of ether oxygens (including phenoxy) is 1. The monoisotopic (exact) mass is 244 g/mol. The third-order valence-electron chi connectivity index (χ3n) is 3.02. The van der Waals surface area contributed by atoms with Gasteiger partial charge in [-0.05, 0) is 27.2 Å². The molecule has 3 N–H and O–H groups in total. The van der Waals surface area contributed by atoms with Crippen LogP contribution in [0.2, 0.25) is 0 Å². The van der Waals surface area contributed by atoms with Crippen LogP contribution in [0.5, 0.6) is 0 Å². The SMILES string of the molecule is CC1OCCC1CNC(=O)NC(C)(C)C(=O)O. The maximum Gasteiger partial charge on any atom is 0.328 e. The van der Waals surface area contributed by atoms with Gasteiger partial charge < -0.3 is 20.5 Å². The Morgan fingerprint density at radius 2 is 2.12 bits per heavy atom. The second kappa shape index (κ2) is 5.35. The molecule has 0 bridgehead atoms. The molecule has 1 aliphatic rings. The number of nitrogens with one attached hydrogen (secondary N) is 2. The third kappa shape index (κ3) is 3.89. The van der Waals surface area contributed by atoms with Gasteiger partial charge in [-0.25, -0.2) is 9.59 Å². The fraction of sp³-hybridized carbons (Fsp3) is 0.818. The number of amides is 2. The molecule has 0 radical (unpaired) electrons. The first-order valence-corrected chi connectivity index (χ1v) is 5.74. The van der Waals surface area contributed by atoms with E-state index in [0.29, 0.717) is 12.5 Å². The molecule has 2 unspecified atom stereocenters. The summed E-state index contributed by atoms with van der Waals surface area (Å²) in [7, 11) is 0. The first-order valence-electron chi connectivity index (χ1n) is 5.74. The minimum atomic E-state index is -1.26. The number of hydrogen-bond acceptors (Lipinski definition) is 3. The van der Waals surface area contributed by atoms with E-state index in [4.69, 9.17) is 9.84 Å². The van der Waals surface area contributed by atoms with E-state index in [2.05, 4.69) is 10.6 Å². The molecule has 0 saturated carbocycles. The number of urea groups is 1. The Bertz CT molecular complexity index is 304. The number of aliphatic carboxylic acids is 1. The van der Waals surface area contributed by atoms with Crippen molar-refractivity contribution in [2.24, 2.45) is 5.92 Å². The summed E-state index contributed by atoms with van der Waals surface area (Å²) >= 11 is 0. The molecule has 0 aromatic carbocycles. The maximum atomic E-state index is 11.5. The van der Waals surface area contributed by atoms with Crippen molar-refractivity contribution < 1.29 is 19.4 Å². The van der Waals surface area contributed by atoms with Gasteiger partial charge in [-0.3, -0.25) is 0 Å². The van der Waals surface area contributed by atoms with Gasteiger partial charge in [0.25, 0.3) is 0 Å². The summed E-state index contributed by atoms with van der Waals surface area (Å²) in [6.45, 7) is 6.07. The molecule has 2 atom stereocenters. The minimum Gasteiger partial charge on any atom is -0.480 e. The van der Waals surface area contributed by atoms with Gasteiger partial charge in [-0.1, -0.05) is 0 Å². The Balaban J connectivity index is 2.33. The summed E-state index contributed by atoms with van der Waals surface area (Å²) in [5.41, 5.74) is -1.26. The maximum absolute atomic E-state index is 11.5. The van der Waals surface area contributed by atoms with Crippen LogP contribution in [0.3, 0.4) is 0 Å². The largest absolute Gasteiger partial charge is 0.480 e. The molecule has 98 valence electrons. The molecule has 1 rings (SSSR count). The summed E-state index contributed by atoms with van der Waals surface area (Å²) in [5, 5.41) is 13.9. The molecule has 0 spiro atoms. The van der Waals surface area contributed by atoms with Crippen LogP contribution in [0, 0.1) is 5.92 Å². The highest BCUT2D eigenvalue weighted by atomic mass is 16.5. The predicted octanol–water partition coefficient (Wildman–Crippen LogP) is 0.574. The van der Waals surface area contributed by atoms with Crippen LogP contribution in [0.1, 0.15) is 27.2 Å². The highest BCUT2D eigenvalue weighted by Gasteiger charge is 2.30. The second-order valence-corrected chi connectivity index (χ2v) is 4.89. The van der Waals surface area contributed by atoms with Crippen LogP contribution in [0.15, 0.2) is 0 Å². The lowest BCUT2D eigenvalue weighted by molar-refractivity contribution is -0.142. The summed E-state index contributed by atoms with van der Waals surface area (Å²) in [4.78, 5) is 22.3. The molecule has 1 heterocycles. The molecule has 1 saturated heterocycles. The summed E-state index contributed by atoms with van der Waals surface area (Å²) < 4.78 is 5.37. The normalized spacial score (nSPS) is 24.4. The van der Waals surface area contributed by atoms with Gasteiger partial charge in [-0.15, -0.1) is 0 Å². The molecule has 0 aromatic heterocycles. The van der Waals surface area contributed by atoms with Crippen molar-refractivity contribution in [2.75, 3.05) is 13.2 Å². The Kier molecular flexibility index (Phi) is 4.34. The van der Waals surface area contributed by atoms with Crippen molar-refractivity contribution in [3.8, 4) is 0 Å². The van der Waals surface area contributed by atoms with E-state index in [1.54, 1.807) is 0 Å². The Morgan fingerprint density at radius 1 is 1.47 bits per heavy atom. The number of carboxylic acids is 1. The standard InChI is InChI=1S/C11H20N2O4/c1-7-8(4-5-17-7)6-12-10(16)13-11(2,3)9(14)15/h7-8H,4-6H2,1-3H3,(H,14,15)(H2,12,13,16). The van der Waals surface area contributed by atoms with Crippen molar-refractivity contribution in [1.82, 2.24) is 10.6 Å². The molecule has 1 fully saturated rings. The topological polar surface area (TPSA) is 87.7 Å². The van der Waals surface area contributed by atoms with Crippen molar-refractivity contribution in [2.45, 2.75) is 38.8 Å². The van der Waals surface area contributed by atoms with Crippen molar-refractivity contribution in [1.29, 1.82) is 0 Å². The van der Waals surface area contributed by atoms with Crippen LogP contribution in [0.25, 0.3) is 0 Å². The average molecular weight is 244 g/mol. The first kappa shape index (κ1) is 13.8. The number of carboxylic acid groups (broad SMARTS) is 1. The smallest absolute Gasteiger partial charge is 0.328 e. The molecule has 0 aromatic rings. The quantitative estimate of drug-likeness (QED) is 0.674. The van der Waals surface area contributed by atoms with Crippen LogP contribution < -0.4 is 10.6 Å². The van der Waals surface area contributed by atoms with Crippen molar-refractivity contribution >= 4 is 12.0 Å². The lowest BCUT2D eigenvalue weighted by Crippen LogP contribution is -2.53. The highest BCUT2D eigenvalue weighted by Crippen LogP contribution is 2.19. The Morgan fingerprint density at radius 3 is 2.59 bits per heavy atom. The number of hydrogen-bond donors (Lipinski definition) is 3. The van der Waals surface area contributed by atoms with Crippen LogP contribution in [-0.2, 0) is 9.53 Å². The van der Waals surface area contributed by atoms with Crippen LogP contribution in [-0.4, -0.2) is 41.9 Å². The molecule has 6 nitrogen and oxygen atoms in total. The minimum absolute atomic E-state index is 0.141. The van der Waals surface area contributed by atoms with E-state index < -0.39 is 17.5 Å². The van der Waals surface area contributed by atoms with Gasteiger partial charge in [0.1, 0.15) is 5.54 Å². The molecular weight excluding hydrogens is 224 g/mol. The van der Waals surface area contributed by atoms with Crippen LogP contribution in [0.4, 0.5) is 4.79 Å². The zero-order chi connectivity index (χ0) is 13.1. The van der Waals surface area contributed by atoms with Gasteiger partial charge in [0.2, 0.25) is 0 Å². The molecule has 0 aliphatic carbocycles. The molecule has 1 aliphatic heterocycles. The fourth-order valence-electron chi connectivity index (χ4n) is 1.65. The van der Waals surface area contributed by atoms with E-state index >= 15 is 0 Å². The first-order chi connectivity index (χ1) is 7.83. The lowest BCUT2D eigenvalue weighted by atomic mass is 10.0. The Labute approximate surface area is 101 Å². The fourth-order valence-corrected chi connectivity index (χ4v) is 1.65. The zero-order valence-corrected chi connectivity index (χ0v) is 10.4. The second-order valence-electron chi connectivity index (χ2n) is 4.89. The average Bonchev–Trinajstić information content (AvgIpc) is 2.60. The van der Waals surface area contributed by atoms with Gasteiger partial charge >= 0.3 is 12.0 Å². The zero-order valence-electron chi connectivity index (χ0n) is 10.4. The van der Waals surface area contributed by atoms with Gasteiger partial charge in [0, 0.05) is 19.1 Å². The summed E-state index contributed by atoms with van der Waals surface area (Å²) in [6, 6.07) is -0.462.